The number of allylic oxidation sites excluding steroid dienone is 1. The minimum Gasteiger partial charge on any atom is -0.0619 e. The summed E-state index contributed by atoms with van der Waals surface area (Å²) in [6.45, 7) is 4.72. The smallest absolute Gasteiger partial charge is 0.0165 e. The molecule has 21 heavy (non-hydrogen) atoms. The van der Waals surface area contributed by atoms with Crippen molar-refractivity contribution in [1.29, 1.82) is 0 Å². The summed E-state index contributed by atoms with van der Waals surface area (Å²) in [6, 6.07) is 22.3. The Hall–Kier alpha value is -2.34. The third-order valence-electron chi connectivity index (χ3n) is 5.19. The van der Waals surface area contributed by atoms with Gasteiger partial charge >= 0.3 is 0 Å². The summed E-state index contributed by atoms with van der Waals surface area (Å²) in [5.74, 6) is 0. The van der Waals surface area contributed by atoms with Crippen LogP contribution < -0.4 is 0 Å². The number of hydrogen-bond acceptors (Lipinski definition) is 0. The van der Waals surface area contributed by atoms with Gasteiger partial charge in [-0.3, -0.25) is 0 Å². The summed E-state index contributed by atoms with van der Waals surface area (Å²) in [6.07, 6.45) is 0. The van der Waals surface area contributed by atoms with Crippen LogP contribution in [0.3, 0.4) is 0 Å². The molecule has 100 valence electrons. The van der Waals surface area contributed by atoms with Crippen LogP contribution in [0.2, 0.25) is 0 Å². The average Bonchev–Trinajstić information content (AvgIpc) is 2.96. The van der Waals surface area contributed by atoms with Crippen LogP contribution in [0.4, 0.5) is 0 Å². The van der Waals surface area contributed by atoms with Crippen LogP contribution in [0.25, 0.3) is 21.9 Å². The summed E-state index contributed by atoms with van der Waals surface area (Å²) < 4.78 is 0. The Morgan fingerprint density at radius 1 is 0.667 bits per heavy atom. The SMILES string of the molecule is CC1(C)C2=C(c3ccccc31)c1cccc3cccc2c13. The Balaban J connectivity index is 2.00. The average molecular weight is 268 g/mol. The van der Waals surface area contributed by atoms with E-state index in [2.05, 4.69) is 74.5 Å². The van der Waals surface area contributed by atoms with E-state index >= 15 is 0 Å². The molecule has 3 aromatic carbocycles. The lowest BCUT2D eigenvalue weighted by molar-refractivity contribution is 0.705. The molecule has 0 heteroatoms. The van der Waals surface area contributed by atoms with Crippen molar-refractivity contribution in [2.24, 2.45) is 0 Å². The van der Waals surface area contributed by atoms with Gasteiger partial charge in [-0.05, 0) is 44.2 Å². The largest absolute Gasteiger partial charge is 0.0619 e. The summed E-state index contributed by atoms with van der Waals surface area (Å²) >= 11 is 0. The van der Waals surface area contributed by atoms with Crippen molar-refractivity contribution >= 4 is 21.9 Å². The number of hydrogen-bond donors (Lipinski definition) is 0. The molecule has 3 aromatic rings. The molecule has 0 unspecified atom stereocenters. The third kappa shape index (κ3) is 1.18. The second-order valence-electron chi connectivity index (χ2n) is 6.63. The first-order chi connectivity index (χ1) is 10.2. The van der Waals surface area contributed by atoms with Gasteiger partial charge in [0.05, 0.1) is 0 Å². The lowest BCUT2D eigenvalue weighted by Crippen LogP contribution is -2.16. The van der Waals surface area contributed by atoms with Gasteiger partial charge in [-0.15, -0.1) is 0 Å². The van der Waals surface area contributed by atoms with Crippen LogP contribution in [-0.2, 0) is 5.41 Å². The zero-order valence-electron chi connectivity index (χ0n) is 12.3. The quantitative estimate of drug-likeness (QED) is 0.512. The Labute approximate surface area is 124 Å². The highest BCUT2D eigenvalue weighted by molar-refractivity contribution is 6.21. The lowest BCUT2D eigenvalue weighted by Gasteiger charge is -2.25. The molecular formula is C21H16. The first-order valence-electron chi connectivity index (χ1n) is 7.57. The van der Waals surface area contributed by atoms with Gasteiger partial charge in [0, 0.05) is 5.41 Å². The van der Waals surface area contributed by atoms with Crippen molar-refractivity contribution in [1.82, 2.24) is 0 Å². The summed E-state index contributed by atoms with van der Waals surface area (Å²) in [7, 11) is 0. The highest BCUT2D eigenvalue weighted by Crippen LogP contribution is 2.58. The van der Waals surface area contributed by atoms with Gasteiger partial charge in [0.15, 0.2) is 0 Å². The molecule has 0 spiro atoms. The summed E-state index contributed by atoms with van der Waals surface area (Å²) in [5, 5.41) is 2.79. The van der Waals surface area contributed by atoms with Crippen molar-refractivity contribution in [2.45, 2.75) is 19.3 Å². The van der Waals surface area contributed by atoms with Crippen LogP contribution in [0.15, 0.2) is 60.7 Å². The fourth-order valence-corrected chi connectivity index (χ4v) is 4.34. The van der Waals surface area contributed by atoms with Crippen molar-refractivity contribution in [3.05, 3.63) is 82.9 Å². The molecule has 0 saturated carbocycles. The molecule has 0 aliphatic heterocycles. The molecule has 0 heterocycles. The van der Waals surface area contributed by atoms with E-state index in [0.29, 0.717) is 0 Å². The zero-order valence-corrected chi connectivity index (χ0v) is 12.3. The van der Waals surface area contributed by atoms with Crippen LogP contribution in [0, 0.1) is 0 Å². The molecule has 0 nitrogen and oxygen atoms in total. The number of rotatable bonds is 0. The van der Waals surface area contributed by atoms with E-state index in [1.54, 1.807) is 0 Å². The predicted molar refractivity (Wildman–Crippen MR) is 89.3 cm³/mol. The Bertz CT molecular complexity index is 949. The number of fused-ring (bicyclic) bond motifs is 4. The van der Waals surface area contributed by atoms with E-state index in [4.69, 9.17) is 0 Å². The predicted octanol–water partition coefficient (Wildman–Crippen LogP) is 5.40. The van der Waals surface area contributed by atoms with Gasteiger partial charge in [-0.1, -0.05) is 74.5 Å². The molecule has 2 aliphatic carbocycles. The molecule has 0 saturated heterocycles. The van der Waals surface area contributed by atoms with Gasteiger partial charge < -0.3 is 0 Å². The minimum atomic E-state index is 0.0826. The molecule has 0 fully saturated rings. The second-order valence-corrected chi connectivity index (χ2v) is 6.63. The van der Waals surface area contributed by atoms with Crippen molar-refractivity contribution in [3.63, 3.8) is 0 Å². The Morgan fingerprint density at radius 3 is 2.14 bits per heavy atom. The van der Waals surface area contributed by atoms with Gasteiger partial charge in [-0.25, -0.2) is 0 Å². The molecule has 0 amide bonds. The minimum absolute atomic E-state index is 0.0826. The van der Waals surface area contributed by atoms with E-state index in [1.807, 2.05) is 0 Å². The van der Waals surface area contributed by atoms with E-state index in [-0.39, 0.29) is 5.41 Å². The van der Waals surface area contributed by atoms with Crippen molar-refractivity contribution in [3.8, 4) is 0 Å². The maximum atomic E-state index is 2.36. The van der Waals surface area contributed by atoms with Gasteiger partial charge in [-0.2, -0.15) is 0 Å². The topological polar surface area (TPSA) is 0 Å². The fraction of sp³-hybridized carbons (Fsp3) is 0.143. The fourth-order valence-electron chi connectivity index (χ4n) is 4.34. The molecular weight excluding hydrogens is 252 g/mol. The Kier molecular flexibility index (Phi) is 1.87. The Morgan fingerprint density at radius 2 is 1.33 bits per heavy atom. The highest BCUT2D eigenvalue weighted by Gasteiger charge is 2.42. The van der Waals surface area contributed by atoms with Crippen molar-refractivity contribution < 1.29 is 0 Å². The lowest BCUT2D eigenvalue weighted by atomic mass is 9.78. The van der Waals surface area contributed by atoms with Crippen LogP contribution in [0.5, 0.6) is 0 Å². The van der Waals surface area contributed by atoms with Gasteiger partial charge in [0.1, 0.15) is 0 Å². The molecule has 0 N–H and O–H groups in total. The molecule has 0 atom stereocenters. The highest BCUT2D eigenvalue weighted by atomic mass is 14.4. The van der Waals surface area contributed by atoms with Crippen LogP contribution in [-0.4, -0.2) is 0 Å². The van der Waals surface area contributed by atoms with E-state index in [9.17, 15) is 0 Å². The number of benzene rings is 3. The van der Waals surface area contributed by atoms with Gasteiger partial charge in [0.25, 0.3) is 0 Å². The van der Waals surface area contributed by atoms with Crippen LogP contribution >= 0.6 is 0 Å². The first kappa shape index (κ1) is 11.3. The standard InChI is InChI=1S/C21H16/c1-21(2)17-12-4-3-9-14(17)19-15-10-5-7-13-8-6-11-16(18(13)15)20(19)21/h3-12H,1-2H3. The zero-order chi connectivity index (χ0) is 14.2. The molecule has 0 aromatic heterocycles. The normalized spacial score (nSPS) is 17.2. The third-order valence-corrected chi connectivity index (χ3v) is 5.19. The second kappa shape index (κ2) is 3.46. The maximum Gasteiger partial charge on any atom is 0.0165 e. The first-order valence-corrected chi connectivity index (χ1v) is 7.57. The van der Waals surface area contributed by atoms with Crippen LogP contribution in [0.1, 0.15) is 36.1 Å². The van der Waals surface area contributed by atoms with Gasteiger partial charge in [0.2, 0.25) is 0 Å². The summed E-state index contributed by atoms with van der Waals surface area (Å²) in [4.78, 5) is 0. The summed E-state index contributed by atoms with van der Waals surface area (Å²) in [5.41, 5.74) is 8.77. The molecule has 5 rings (SSSR count). The molecule has 2 aliphatic rings. The van der Waals surface area contributed by atoms with E-state index in [1.165, 1.54) is 44.2 Å². The molecule has 0 bridgehead atoms. The van der Waals surface area contributed by atoms with E-state index < -0.39 is 0 Å². The molecule has 0 radical (unpaired) electrons. The monoisotopic (exact) mass is 268 g/mol. The van der Waals surface area contributed by atoms with Crippen molar-refractivity contribution in [2.75, 3.05) is 0 Å². The van der Waals surface area contributed by atoms with E-state index in [0.717, 1.165) is 0 Å². The maximum absolute atomic E-state index is 2.36.